The number of halogens is 1. The van der Waals surface area contributed by atoms with Gasteiger partial charge in [-0.25, -0.2) is 0 Å². The second-order valence-electron chi connectivity index (χ2n) is 6.55. The van der Waals surface area contributed by atoms with Gasteiger partial charge in [-0.2, -0.15) is 0 Å². The number of nitrogens with one attached hydrogen (secondary N) is 1. The molecule has 2 rings (SSSR count). The quantitative estimate of drug-likeness (QED) is 0.801. The van der Waals surface area contributed by atoms with Crippen LogP contribution in [0.15, 0.2) is 54.6 Å². The molecule has 5 heteroatoms. The van der Waals surface area contributed by atoms with E-state index in [1.54, 1.807) is 31.9 Å². The summed E-state index contributed by atoms with van der Waals surface area (Å²) in [7, 11) is 1.71. The molecule has 1 N–H and O–H groups in total. The minimum absolute atomic E-state index is 0.229. The molecule has 0 aromatic heterocycles. The Kier molecular flexibility index (Phi) is 6.21. The van der Waals surface area contributed by atoms with Gasteiger partial charge in [-0.05, 0) is 31.0 Å². The van der Waals surface area contributed by atoms with Gasteiger partial charge in [0, 0.05) is 25.2 Å². The molecule has 0 radical (unpaired) electrons. The maximum absolute atomic E-state index is 12.7. The molecule has 0 aliphatic rings. The molecule has 132 valence electrons. The molecule has 0 unspecified atom stereocenters. The largest absolute Gasteiger partial charge is 0.351 e. The van der Waals surface area contributed by atoms with Crippen molar-refractivity contribution in [3.8, 4) is 0 Å². The van der Waals surface area contributed by atoms with E-state index in [2.05, 4.69) is 5.32 Å². The van der Waals surface area contributed by atoms with E-state index in [1.165, 1.54) is 0 Å². The number of benzene rings is 2. The molecular formula is C20H23ClN2O2. The van der Waals surface area contributed by atoms with Crippen molar-refractivity contribution in [1.29, 1.82) is 0 Å². The average Bonchev–Trinajstić information content (AvgIpc) is 2.60. The maximum atomic E-state index is 12.7. The van der Waals surface area contributed by atoms with E-state index in [-0.39, 0.29) is 18.4 Å². The fraction of sp³-hybridized carbons (Fsp3) is 0.300. The first-order chi connectivity index (χ1) is 11.8. The summed E-state index contributed by atoms with van der Waals surface area (Å²) in [5.74, 6) is -0.551. The van der Waals surface area contributed by atoms with Crippen LogP contribution in [-0.2, 0) is 22.7 Å². The highest BCUT2D eigenvalue weighted by molar-refractivity contribution is 6.31. The normalized spacial score (nSPS) is 11.0. The predicted molar refractivity (Wildman–Crippen MR) is 100.0 cm³/mol. The fourth-order valence-electron chi connectivity index (χ4n) is 2.54. The first-order valence-electron chi connectivity index (χ1n) is 8.13. The predicted octanol–water partition coefficient (Wildman–Crippen LogP) is 3.64. The number of hydrogen-bond acceptors (Lipinski definition) is 2. The molecule has 0 heterocycles. The van der Waals surface area contributed by atoms with Crippen molar-refractivity contribution in [3.63, 3.8) is 0 Å². The molecular weight excluding hydrogens is 336 g/mol. The van der Waals surface area contributed by atoms with Gasteiger partial charge in [-0.15, -0.1) is 0 Å². The first kappa shape index (κ1) is 19.0. The van der Waals surface area contributed by atoms with Crippen LogP contribution < -0.4 is 5.32 Å². The summed E-state index contributed by atoms with van der Waals surface area (Å²) in [6.07, 6.45) is 0. The Hall–Kier alpha value is -2.33. The molecule has 0 bridgehead atoms. The van der Waals surface area contributed by atoms with Crippen molar-refractivity contribution in [2.75, 3.05) is 7.05 Å². The zero-order chi connectivity index (χ0) is 18.4. The molecule has 4 nitrogen and oxygen atoms in total. The van der Waals surface area contributed by atoms with Gasteiger partial charge < -0.3 is 10.2 Å². The highest BCUT2D eigenvalue weighted by Crippen LogP contribution is 2.21. The van der Waals surface area contributed by atoms with Crippen LogP contribution in [-0.4, -0.2) is 23.8 Å². The maximum Gasteiger partial charge on any atom is 0.237 e. The lowest BCUT2D eigenvalue weighted by Crippen LogP contribution is -2.48. The van der Waals surface area contributed by atoms with Gasteiger partial charge in [0.1, 0.15) is 5.41 Å². The summed E-state index contributed by atoms with van der Waals surface area (Å²) in [4.78, 5) is 26.8. The second-order valence-corrected chi connectivity index (χ2v) is 6.95. The van der Waals surface area contributed by atoms with Gasteiger partial charge in [0.25, 0.3) is 0 Å². The lowest BCUT2D eigenvalue weighted by atomic mass is 9.90. The monoisotopic (exact) mass is 358 g/mol. The molecule has 2 amide bonds. The highest BCUT2D eigenvalue weighted by Gasteiger charge is 2.38. The van der Waals surface area contributed by atoms with E-state index in [4.69, 9.17) is 11.6 Å². The smallest absolute Gasteiger partial charge is 0.237 e. The number of nitrogens with zero attached hydrogens (tertiary/aromatic N) is 1. The van der Waals surface area contributed by atoms with Gasteiger partial charge in [-0.3, -0.25) is 9.59 Å². The lowest BCUT2D eigenvalue weighted by molar-refractivity contribution is -0.148. The van der Waals surface area contributed by atoms with Gasteiger partial charge >= 0.3 is 0 Å². The van der Waals surface area contributed by atoms with Gasteiger partial charge in [-0.1, -0.05) is 60.1 Å². The van der Waals surface area contributed by atoms with E-state index in [1.807, 2.05) is 48.5 Å². The zero-order valence-corrected chi connectivity index (χ0v) is 15.5. The van der Waals surface area contributed by atoms with Gasteiger partial charge in [0.15, 0.2) is 0 Å². The number of rotatable bonds is 6. The van der Waals surface area contributed by atoms with Gasteiger partial charge in [0.2, 0.25) is 11.8 Å². The van der Waals surface area contributed by atoms with E-state index in [0.717, 1.165) is 11.1 Å². The summed E-state index contributed by atoms with van der Waals surface area (Å²) in [6, 6.07) is 17.0. The third-order valence-electron chi connectivity index (χ3n) is 4.11. The van der Waals surface area contributed by atoms with Crippen LogP contribution in [0.5, 0.6) is 0 Å². The van der Waals surface area contributed by atoms with E-state index >= 15 is 0 Å². The number of hydrogen-bond donors (Lipinski definition) is 1. The summed E-state index contributed by atoms with van der Waals surface area (Å²) in [6.45, 7) is 4.02. The van der Waals surface area contributed by atoms with Crippen molar-refractivity contribution in [2.45, 2.75) is 26.9 Å². The Bertz CT molecular complexity index is 744. The lowest BCUT2D eigenvalue weighted by Gasteiger charge is -2.28. The summed E-state index contributed by atoms with van der Waals surface area (Å²) in [5.41, 5.74) is 0.675. The molecule has 0 atom stereocenters. The summed E-state index contributed by atoms with van der Waals surface area (Å²) in [5, 5.41) is 3.40. The van der Waals surface area contributed by atoms with Crippen molar-refractivity contribution in [3.05, 3.63) is 70.7 Å². The highest BCUT2D eigenvalue weighted by atomic mass is 35.5. The third kappa shape index (κ3) is 4.83. The number of carbonyl (C=O) groups excluding carboxylic acids is 2. The number of carbonyl (C=O) groups is 2. The minimum Gasteiger partial charge on any atom is -0.351 e. The Morgan fingerprint density at radius 1 is 1.04 bits per heavy atom. The van der Waals surface area contributed by atoms with Crippen molar-refractivity contribution in [2.24, 2.45) is 5.41 Å². The van der Waals surface area contributed by atoms with E-state index in [9.17, 15) is 9.59 Å². The zero-order valence-electron chi connectivity index (χ0n) is 14.8. The number of amides is 2. The molecule has 25 heavy (non-hydrogen) atoms. The first-order valence-corrected chi connectivity index (χ1v) is 8.51. The second kappa shape index (κ2) is 8.17. The minimum atomic E-state index is -1.16. The van der Waals surface area contributed by atoms with Crippen molar-refractivity contribution in [1.82, 2.24) is 10.2 Å². The molecule has 0 spiro atoms. The van der Waals surface area contributed by atoms with E-state index < -0.39 is 5.41 Å². The van der Waals surface area contributed by atoms with Crippen LogP contribution in [0.1, 0.15) is 25.0 Å². The molecule has 0 fully saturated rings. The van der Waals surface area contributed by atoms with Crippen molar-refractivity contribution < 1.29 is 9.59 Å². The Balaban J connectivity index is 1.99. The van der Waals surface area contributed by atoms with Crippen LogP contribution in [0, 0.1) is 5.41 Å². The van der Waals surface area contributed by atoms with E-state index in [0.29, 0.717) is 11.6 Å². The topological polar surface area (TPSA) is 49.4 Å². The average molecular weight is 359 g/mol. The van der Waals surface area contributed by atoms with Crippen LogP contribution in [0.3, 0.4) is 0 Å². The Morgan fingerprint density at radius 2 is 1.64 bits per heavy atom. The van der Waals surface area contributed by atoms with Crippen LogP contribution >= 0.6 is 11.6 Å². The molecule has 0 saturated heterocycles. The molecule has 2 aromatic rings. The SMILES string of the molecule is CN(Cc1ccccc1)C(=O)C(C)(C)C(=O)NCc1ccccc1Cl. The Morgan fingerprint density at radius 3 is 2.28 bits per heavy atom. The van der Waals surface area contributed by atoms with Crippen LogP contribution in [0.4, 0.5) is 0 Å². The summed E-state index contributed by atoms with van der Waals surface area (Å²) >= 11 is 6.10. The Labute approximate surface area is 153 Å². The third-order valence-corrected chi connectivity index (χ3v) is 4.48. The fourth-order valence-corrected chi connectivity index (χ4v) is 2.74. The van der Waals surface area contributed by atoms with Crippen LogP contribution in [0.2, 0.25) is 5.02 Å². The van der Waals surface area contributed by atoms with Crippen molar-refractivity contribution >= 4 is 23.4 Å². The standard InChI is InChI=1S/C20H23ClN2O2/c1-20(2,18(24)22-13-16-11-7-8-12-17(16)21)19(25)23(3)14-15-9-5-4-6-10-15/h4-12H,13-14H2,1-3H3,(H,22,24). The molecule has 2 aromatic carbocycles. The van der Waals surface area contributed by atoms with Crippen LogP contribution in [0.25, 0.3) is 0 Å². The molecule has 0 aliphatic carbocycles. The molecule has 0 aliphatic heterocycles. The van der Waals surface area contributed by atoms with Gasteiger partial charge in [0.05, 0.1) is 0 Å². The summed E-state index contributed by atoms with van der Waals surface area (Å²) < 4.78 is 0. The molecule has 0 saturated carbocycles.